The number of carboxylic acid groups (broad SMARTS) is 1. The molecule has 2 aliphatic rings. The van der Waals surface area contributed by atoms with Crippen LogP contribution in [-0.4, -0.2) is 60.3 Å². The Morgan fingerprint density at radius 1 is 0.955 bits per heavy atom. The van der Waals surface area contributed by atoms with E-state index < -0.39 is 12.1 Å². The second-order valence-corrected chi connectivity index (χ2v) is 11.3. The molecular formula is C33H38F4N4O3. The largest absolute Gasteiger partial charge is 0.490 e. The average Bonchev–Trinajstić information content (AvgIpc) is 3.78. The lowest BCUT2D eigenvalue weighted by Crippen LogP contribution is -2.38. The van der Waals surface area contributed by atoms with E-state index in [2.05, 4.69) is 27.7 Å². The molecule has 1 saturated heterocycles. The first-order chi connectivity index (χ1) is 21.0. The van der Waals surface area contributed by atoms with Crippen molar-refractivity contribution in [3.63, 3.8) is 0 Å². The predicted molar refractivity (Wildman–Crippen MR) is 162 cm³/mol. The van der Waals surface area contributed by atoms with E-state index in [9.17, 15) is 22.4 Å². The Bertz CT molecular complexity index is 1380. The number of hydrogen-bond acceptors (Lipinski definition) is 5. The number of piperidine rings is 1. The number of aryl methyl sites for hydroxylation is 1. The molecule has 2 atom stereocenters. The lowest BCUT2D eigenvalue weighted by Gasteiger charge is -2.32. The summed E-state index contributed by atoms with van der Waals surface area (Å²) in [4.78, 5) is 24.0. The highest BCUT2D eigenvalue weighted by Gasteiger charge is 2.39. The van der Waals surface area contributed by atoms with Gasteiger partial charge in [-0.25, -0.2) is 9.18 Å². The van der Waals surface area contributed by atoms with Gasteiger partial charge in [-0.3, -0.25) is 4.79 Å². The number of amides is 1. The minimum absolute atomic E-state index is 0.144. The van der Waals surface area contributed by atoms with E-state index in [-0.39, 0.29) is 11.7 Å². The van der Waals surface area contributed by atoms with E-state index in [0.717, 1.165) is 38.3 Å². The Morgan fingerprint density at radius 2 is 1.59 bits per heavy atom. The normalized spacial score (nSPS) is 18.6. The van der Waals surface area contributed by atoms with Crippen LogP contribution in [0.5, 0.6) is 0 Å². The van der Waals surface area contributed by atoms with Crippen LogP contribution in [0.4, 0.5) is 28.9 Å². The number of carbonyl (C=O) groups excluding carboxylic acids is 1. The molecule has 3 aromatic rings. The summed E-state index contributed by atoms with van der Waals surface area (Å²) in [6.45, 7) is 4.54. The van der Waals surface area contributed by atoms with Gasteiger partial charge in [0, 0.05) is 17.5 Å². The van der Waals surface area contributed by atoms with Crippen LogP contribution in [0.25, 0.3) is 0 Å². The van der Waals surface area contributed by atoms with Gasteiger partial charge >= 0.3 is 12.1 Å². The standard InChI is InChI=1S/C31H37FN4O.C2HF3O2/c32-26-13-11-24(12-14-26)27-20-30(27)34-21-23-15-18-36(19-16-23)17-3-4-22-7-9-25(10-8-22)31(37)35-29-6-2-1-5-28(29)33;3-2(4,5)1(6)7/h1-2,5-14,23,27,30,34H,3-4,15-21,33H2,(H,35,37);(H,6,7). The number of aliphatic carboxylic acids is 1. The van der Waals surface area contributed by atoms with Crippen molar-refractivity contribution in [1.82, 2.24) is 10.2 Å². The van der Waals surface area contributed by atoms with Crippen LogP contribution in [0.2, 0.25) is 0 Å². The minimum atomic E-state index is -5.08. The second-order valence-electron chi connectivity index (χ2n) is 11.3. The van der Waals surface area contributed by atoms with Crippen molar-refractivity contribution < 1.29 is 32.3 Å². The van der Waals surface area contributed by atoms with Gasteiger partial charge in [-0.15, -0.1) is 0 Å². The number of rotatable bonds is 10. The van der Waals surface area contributed by atoms with Crippen molar-refractivity contribution in [2.45, 2.75) is 50.2 Å². The van der Waals surface area contributed by atoms with Crippen molar-refractivity contribution in [3.05, 3.63) is 95.3 Å². The predicted octanol–water partition coefficient (Wildman–Crippen LogP) is 6.08. The number of likely N-dealkylation sites (tertiary alicyclic amines) is 1. The molecule has 1 heterocycles. The molecule has 1 amide bonds. The van der Waals surface area contributed by atoms with Crippen molar-refractivity contribution in [2.24, 2.45) is 5.92 Å². The maximum atomic E-state index is 13.1. The number of nitrogens with two attached hydrogens (primary N) is 1. The fourth-order valence-corrected chi connectivity index (χ4v) is 5.37. The van der Waals surface area contributed by atoms with Crippen LogP contribution in [0.15, 0.2) is 72.8 Å². The number of nitrogens with one attached hydrogen (secondary N) is 2. The summed E-state index contributed by atoms with van der Waals surface area (Å²) in [7, 11) is 0. The number of halogens is 4. The maximum Gasteiger partial charge on any atom is 0.490 e. The third-order valence-corrected chi connectivity index (χ3v) is 8.07. The van der Waals surface area contributed by atoms with Gasteiger partial charge < -0.3 is 26.4 Å². The van der Waals surface area contributed by atoms with E-state index in [0.29, 0.717) is 28.9 Å². The monoisotopic (exact) mass is 614 g/mol. The Balaban J connectivity index is 0.000000566. The van der Waals surface area contributed by atoms with Crippen LogP contribution < -0.4 is 16.4 Å². The van der Waals surface area contributed by atoms with Gasteiger partial charge in [0.25, 0.3) is 5.91 Å². The van der Waals surface area contributed by atoms with Gasteiger partial charge in [0.2, 0.25) is 0 Å². The smallest absolute Gasteiger partial charge is 0.475 e. The van der Waals surface area contributed by atoms with Crippen LogP contribution in [0.1, 0.15) is 53.1 Å². The topological polar surface area (TPSA) is 108 Å². The lowest BCUT2D eigenvalue weighted by atomic mass is 9.96. The molecule has 5 N–H and O–H groups in total. The van der Waals surface area contributed by atoms with Crippen LogP contribution in [0.3, 0.4) is 0 Å². The van der Waals surface area contributed by atoms with Crippen molar-refractivity contribution in [2.75, 3.05) is 37.2 Å². The number of carbonyl (C=O) groups is 2. The van der Waals surface area contributed by atoms with Gasteiger partial charge in [0.15, 0.2) is 0 Å². The quantitative estimate of drug-likeness (QED) is 0.163. The number of alkyl halides is 3. The zero-order valence-electron chi connectivity index (χ0n) is 24.3. The third kappa shape index (κ3) is 10.1. The molecule has 5 rings (SSSR count). The molecule has 1 saturated carbocycles. The maximum absolute atomic E-state index is 13.1. The Hall–Kier alpha value is -3.96. The summed E-state index contributed by atoms with van der Waals surface area (Å²) >= 11 is 0. The highest BCUT2D eigenvalue weighted by atomic mass is 19.4. The number of nitrogen functional groups attached to an aromatic ring is 1. The summed E-state index contributed by atoms with van der Waals surface area (Å²) in [5.74, 6) is -1.77. The fraction of sp³-hybridized carbons (Fsp3) is 0.394. The molecule has 7 nitrogen and oxygen atoms in total. The van der Waals surface area contributed by atoms with Gasteiger partial charge in [-0.2, -0.15) is 13.2 Å². The molecule has 1 aliphatic carbocycles. The van der Waals surface area contributed by atoms with Crippen LogP contribution in [0, 0.1) is 11.7 Å². The molecule has 236 valence electrons. The van der Waals surface area contributed by atoms with Crippen molar-refractivity contribution >= 4 is 23.3 Å². The number of hydrogen-bond donors (Lipinski definition) is 4. The molecule has 0 radical (unpaired) electrons. The van der Waals surface area contributed by atoms with E-state index in [1.54, 1.807) is 24.3 Å². The molecular weight excluding hydrogens is 576 g/mol. The molecule has 2 unspecified atom stereocenters. The molecule has 0 aromatic heterocycles. The van der Waals surface area contributed by atoms with Gasteiger partial charge in [-0.05, 0) is 112 Å². The first-order valence-corrected chi connectivity index (χ1v) is 14.8. The van der Waals surface area contributed by atoms with E-state index in [1.807, 2.05) is 36.4 Å². The SMILES string of the molecule is Nc1ccccc1NC(=O)c1ccc(CCCN2CCC(CNC3CC3c3ccc(F)cc3)CC2)cc1.O=C(O)C(F)(F)F. The average molecular weight is 615 g/mol. The highest BCUT2D eigenvalue weighted by Crippen LogP contribution is 2.41. The second kappa shape index (κ2) is 15.2. The molecule has 0 spiro atoms. The van der Waals surface area contributed by atoms with Gasteiger partial charge in [-0.1, -0.05) is 36.4 Å². The Kier molecular flexibility index (Phi) is 11.4. The van der Waals surface area contributed by atoms with Gasteiger partial charge in [0.1, 0.15) is 5.82 Å². The van der Waals surface area contributed by atoms with Crippen LogP contribution >= 0.6 is 0 Å². The number of para-hydroxylation sites is 2. The summed E-state index contributed by atoms with van der Waals surface area (Å²) in [5, 5.41) is 13.8. The summed E-state index contributed by atoms with van der Waals surface area (Å²) < 4.78 is 44.9. The number of carboxylic acids is 1. The molecule has 1 aliphatic heterocycles. The fourth-order valence-electron chi connectivity index (χ4n) is 5.37. The molecule has 3 aromatic carbocycles. The third-order valence-electron chi connectivity index (χ3n) is 8.07. The van der Waals surface area contributed by atoms with Crippen molar-refractivity contribution in [3.8, 4) is 0 Å². The van der Waals surface area contributed by atoms with Crippen molar-refractivity contribution in [1.29, 1.82) is 0 Å². The first kappa shape index (κ1) is 32.9. The summed E-state index contributed by atoms with van der Waals surface area (Å²) in [5.41, 5.74) is 10.3. The van der Waals surface area contributed by atoms with E-state index in [4.69, 9.17) is 15.6 Å². The first-order valence-electron chi connectivity index (χ1n) is 14.8. The highest BCUT2D eigenvalue weighted by molar-refractivity contribution is 6.05. The van der Waals surface area contributed by atoms with E-state index in [1.165, 1.54) is 37.1 Å². The molecule has 44 heavy (non-hydrogen) atoms. The summed E-state index contributed by atoms with van der Waals surface area (Å²) in [6, 6.07) is 22.7. The zero-order valence-corrected chi connectivity index (χ0v) is 24.3. The Morgan fingerprint density at radius 3 is 2.20 bits per heavy atom. The summed E-state index contributed by atoms with van der Waals surface area (Å²) in [6.07, 6.45) is 0.711. The molecule has 0 bridgehead atoms. The van der Waals surface area contributed by atoms with Crippen LogP contribution in [-0.2, 0) is 11.2 Å². The van der Waals surface area contributed by atoms with E-state index >= 15 is 0 Å². The number of anilines is 2. The minimum Gasteiger partial charge on any atom is -0.475 e. The van der Waals surface area contributed by atoms with Gasteiger partial charge in [0.05, 0.1) is 11.4 Å². The number of nitrogens with zero attached hydrogens (tertiary/aromatic N) is 1. The zero-order chi connectivity index (χ0) is 31.7. The Labute approximate surface area is 254 Å². The lowest BCUT2D eigenvalue weighted by molar-refractivity contribution is -0.192. The molecule has 2 fully saturated rings. The molecule has 11 heteroatoms. The number of benzene rings is 3.